The molecule has 3 aromatic heterocycles. The van der Waals surface area contributed by atoms with Crippen molar-refractivity contribution in [3.8, 4) is 5.82 Å². The van der Waals surface area contributed by atoms with Gasteiger partial charge in [-0.25, -0.2) is 9.97 Å². The minimum atomic E-state index is -0.229. The number of hydrogen-bond donors (Lipinski definition) is 1. The molecular formula is C24H20N4O2. The molecule has 0 fully saturated rings. The third kappa shape index (κ3) is 3.03. The van der Waals surface area contributed by atoms with Crippen molar-refractivity contribution in [3.05, 3.63) is 89.6 Å². The van der Waals surface area contributed by atoms with Crippen molar-refractivity contribution < 1.29 is 9.21 Å². The van der Waals surface area contributed by atoms with Gasteiger partial charge in [0.05, 0.1) is 11.0 Å². The summed E-state index contributed by atoms with van der Waals surface area (Å²) in [4.78, 5) is 21.6. The fraction of sp³-hybridized carbons (Fsp3) is 0.125. The van der Waals surface area contributed by atoms with Crippen LogP contribution in [0.3, 0.4) is 0 Å². The molecule has 0 aliphatic rings. The third-order valence-electron chi connectivity index (χ3n) is 5.33. The van der Waals surface area contributed by atoms with Gasteiger partial charge in [0.15, 0.2) is 5.76 Å². The summed E-state index contributed by atoms with van der Waals surface area (Å²) in [7, 11) is 0. The standard InChI is InChI=1S/C24H20N4O2/c1-15-6-5-7-18-16(2)23(30-22(15)18)24(29)26-13-17-10-11-21(25-12-17)28-14-27-19-8-3-4-9-20(19)28/h3-12,14H,13H2,1-2H3,(H,26,29). The van der Waals surface area contributed by atoms with Gasteiger partial charge in [-0.15, -0.1) is 0 Å². The highest BCUT2D eigenvalue weighted by Crippen LogP contribution is 2.27. The average Bonchev–Trinajstić information content (AvgIpc) is 3.35. The topological polar surface area (TPSA) is 73.0 Å². The van der Waals surface area contributed by atoms with Crippen LogP contribution in [0.15, 0.2) is 71.5 Å². The minimum absolute atomic E-state index is 0.229. The molecule has 0 bridgehead atoms. The van der Waals surface area contributed by atoms with Crippen LogP contribution < -0.4 is 5.32 Å². The normalized spacial score (nSPS) is 11.3. The Morgan fingerprint density at radius 1 is 1.03 bits per heavy atom. The van der Waals surface area contributed by atoms with Crippen LogP contribution >= 0.6 is 0 Å². The van der Waals surface area contributed by atoms with E-state index in [0.717, 1.165) is 44.5 Å². The molecule has 1 N–H and O–H groups in total. The van der Waals surface area contributed by atoms with E-state index in [2.05, 4.69) is 15.3 Å². The first-order valence-corrected chi connectivity index (χ1v) is 9.76. The number of rotatable bonds is 4. The lowest BCUT2D eigenvalue weighted by Gasteiger charge is -2.06. The van der Waals surface area contributed by atoms with E-state index in [1.807, 2.05) is 73.0 Å². The number of imidazole rings is 1. The highest BCUT2D eigenvalue weighted by molar-refractivity contribution is 5.99. The summed E-state index contributed by atoms with van der Waals surface area (Å²) in [6.07, 6.45) is 3.53. The lowest BCUT2D eigenvalue weighted by Crippen LogP contribution is -2.23. The molecule has 0 saturated heterocycles. The summed E-state index contributed by atoms with van der Waals surface area (Å²) in [5.41, 5.74) is 5.46. The highest BCUT2D eigenvalue weighted by Gasteiger charge is 2.18. The Hall–Kier alpha value is -3.93. The lowest BCUT2D eigenvalue weighted by molar-refractivity contribution is 0.0924. The van der Waals surface area contributed by atoms with Crippen LogP contribution in [0.5, 0.6) is 0 Å². The van der Waals surface area contributed by atoms with E-state index in [9.17, 15) is 4.79 Å². The van der Waals surface area contributed by atoms with E-state index in [-0.39, 0.29) is 5.91 Å². The summed E-state index contributed by atoms with van der Waals surface area (Å²) < 4.78 is 7.79. The minimum Gasteiger partial charge on any atom is -0.450 e. The average molecular weight is 396 g/mol. The van der Waals surface area contributed by atoms with E-state index in [0.29, 0.717) is 12.3 Å². The molecule has 5 rings (SSSR count). The maximum Gasteiger partial charge on any atom is 0.287 e. The molecule has 148 valence electrons. The summed E-state index contributed by atoms with van der Waals surface area (Å²) in [6, 6.07) is 17.7. The maximum atomic E-state index is 12.7. The second-order valence-corrected chi connectivity index (χ2v) is 7.32. The molecule has 0 saturated carbocycles. The molecule has 1 amide bonds. The summed E-state index contributed by atoms with van der Waals surface area (Å²) in [5, 5.41) is 3.90. The van der Waals surface area contributed by atoms with Gasteiger partial charge < -0.3 is 9.73 Å². The fourth-order valence-corrected chi connectivity index (χ4v) is 3.67. The predicted molar refractivity (Wildman–Crippen MR) is 116 cm³/mol. The summed E-state index contributed by atoms with van der Waals surface area (Å²) >= 11 is 0. The van der Waals surface area contributed by atoms with Gasteiger partial charge >= 0.3 is 0 Å². The number of amides is 1. The number of pyridine rings is 1. The van der Waals surface area contributed by atoms with Crippen LogP contribution in [0.2, 0.25) is 0 Å². The number of para-hydroxylation sites is 3. The monoisotopic (exact) mass is 396 g/mol. The first-order valence-electron chi connectivity index (χ1n) is 9.76. The van der Waals surface area contributed by atoms with E-state index < -0.39 is 0 Å². The largest absolute Gasteiger partial charge is 0.450 e. The van der Waals surface area contributed by atoms with Crippen LogP contribution in [-0.4, -0.2) is 20.4 Å². The molecule has 6 nitrogen and oxygen atoms in total. The van der Waals surface area contributed by atoms with Gasteiger partial charge in [0.2, 0.25) is 0 Å². The Morgan fingerprint density at radius 2 is 1.90 bits per heavy atom. The number of aromatic nitrogens is 3. The number of benzene rings is 2. The molecule has 6 heteroatoms. The first-order chi connectivity index (χ1) is 14.6. The van der Waals surface area contributed by atoms with Crippen LogP contribution in [0, 0.1) is 13.8 Å². The zero-order chi connectivity index (χ0) is 20.7. The molecule has 0 unspecified atom stereocenters. The van der Waals surface area contributed by atoms with E-state index >= 15 is 0 Å². The van der Waals surface area contributed by atoms with E-state index in [1.165, 1.54) is 0 Å². The molecule has 30 heavy (non-hydrogen) atoms. The number of aryl methyl sites for hydroxylation is 2. The number of carbonyl (C=O) groups is 1. The van der Waals surface area contributed by atoms with Crippen molar-refractivity contribution in [1.82, 2.24) is 19.9 Å². The van der Waals surface area contributed by atoms with Crippen LogP contribution in [0.1, 0.15) is 27.2 Å². The van der Waals surface area contributed by atoms with Crippen molar-refractivity contribution in [3.63, 3.8) is 0 Å². The first kappa shape index (κ1) is 18.1. The van der Waals surface area contributed by atoms with Crippen LogP contribution in [0.25, 0.3) is 27.8 Å². The molecule has 0 atom stereocenters. The highest BCUT2D eigenvalue weighted by atomic mass is 16.3. The van der Waals surface area contributed by atoms with Crippen LogP contribution in [-0.2, 0) is 6.54 Å². The van der Waals surface area contributed by atoms with Gasteiger partial charge in [0.1, 0.15) is 17.7 Å². The second kappa shape index (κ2) is 7.15. The number of carbonyl (C=O) groups excluding carboxylic acids is 1. The maximum absolute atomic E-state index is 12.7. The summed E-state index contributed by atoms with van der Waals surface area (Å²) in [6.45, 7) is 4.25. The van der Waals surface area contributed by atoms with Crippen molar-refractivity contribution in [2.24, 2.45) is 0 Å². The lowest BCUT2D eigenvalue weighted by atomic mass is 10.1. The summed E-state index contributed by atoms with van der Waals surface area (Å²) in [5.74, 6) is 0.906. The number of hydrogen-bond acceptors (Lipinski definition) is 4. The Labute approximate surface area is 173 Å². The van der Waals surface area contributed by atoms with Crippen molar-refractivity contribution >= 4 is 27.9 Å². The Morgan fingerprint density at radius 3 is 2.70 bits per heavy atom. The fourth-order valence-electron chi connectivity index (χ4n) is 3.67. The van der Waals surface area contributed by atoms with Crippen molar-refractivity contribution in [2.45, 2.75) is 20.4 Å². The molecule has 0 aliphatic carbocycles. The smallest absolute Gasteiger partial charge is 0.287 e. The SMILES string of the molecule is Cc1c(C(=O)NCc2ccc(-n3cnc4ccccc43)nc2)oc2c(C)cccc12. The number of nitrogens with zero attached hydrogens (tertiary/aromatic N) is 3. The van der Waals surface area contributed by atoms with Gasteiger partial charge in [0, 0.05) is 23.7 Å². The van der Waals surface area contributed by atoms with Crippen LogP contribution in [0.4, 0.5) is 0 Å². The second-order valence-electron chi connectivity index (χ2n) is 7.32. The molecule has 3 heterocycles. The molecule has 0 aliphatic heterocycles. The molecule has 2 aromatic carbocycles. The number of furan rings is 1. The Bertz CT molecular complexity index is 1380. The zero-order valence-electron chi connectivity index (χ0n) is 16.7. The van der Waals surface area contributed by atoms with Gasteiger partial charge in [-0.05, 0) is 43.2 Å². The predicted octanol–water partition coefficient (Wildman–Crippen LogP) is 4.71. The van der Waals surface area contributed by atoms with Gasteiger partial charge in [-0.3, -0.25) is 9.36 Å². The van der Waals surface area contributed by atoms with E-state index in [4.69, 9.17) is 4.42 Å². The van der Waals surface area contributed by atoms with Gasteiger partial charge in [0.25, 0.3) is 5.91 Å². The van der Waals surface area contributed by atoms with Gasteiger partial charge in [-0.1, -0.05) is 36.4 Å². The third-order valence-corrected chi connectivity index (χ3v) is 5.33. The number of nitrogens with one attached hydrogen (secondary N) is 1. The molecule has 5 aromatic rings. The quantitative estimate of drug-likeness (QED) is 0.477. The molecular weight excluding hydrogens is 376 g/mol. The Balaban J connectivity index is 1.33. The van der Waals surface area contributed by atoms with E-state index in [1.54, 1.807) is 12.5 Å². The Kier molecular flexibility index (Phi) is 4.32. The zero-order valence-corrected chi connectivity index (χ0v) is 16.7. The number of fused-ring (bicyclic) bond motifs is 2. The molecule has 0 spiro atoms. The molecule has 0 radical (unpaired) electrons. The van der Waals surface area contributed by atoms with Crippen molar-refractivity contribution in [1.29, 1.82) is 0 Å². The van der Waals surface area contributed by atoms with Gasteiger partial charge in [-0.2, -0.15) is 0 Å². The van der Waals surface area contributed by atoms with Crippen molar-refractivity contribution in [2.75, 3.05) is 0 Å².